The van der Waals surface area contributed by atoms with Gasteiger partial charge in [-0.2, -0.15) is 0 Å². The Kier molecular flexibility index (Phi) is 5.75. The second-order valence-electron chi connectivity index (χ2n) is 5.51. The van der Waals surface area contributed by atoms with Crippen LogP contribution in [-0.4, -0.2) is 49.8 Å². The van der Waals surface area contributed by atoms with Crippen LogP contribution < -0.4 is 5.32 Å². The highest BCUT2D eigenvalue weighted by Crippen LogP contribution is 2.14. The Bertz CT molecular complexity index is 204. The first-order chi connectivity index (χ1) is 8.38. The van der Waals surface area contributed by atoms with Crippen LogP contribution in [0.5, 0.6) is 0 Å². The number of likely N-dealkylation sites (tertiary alicyclic amines) is 1. The molecule has 2 saturated heterocycles. The molecule has 0 saturated carbocycles. The average molecular weight is 240 g/mol. The van der Waals surface area contributed by atoms with E-state index in [4.69, 9.17) is 4.74 Å². The van der Waals surface area contributed by atoms with E-state index in [-0.39, 0.29) is 0 Å². The van der Waals surface area contributed by atoms with Crippen LogP contribution in [0.2, 0.25) is 0 Å². The maximum absolute atomic E-state index is 5.66. The first kappa shape index (κ1) is 13.3. The Balaban J connectivity index is 1.63. The first-order valence-corrected chi connectivity index (χ1v) is 7.46. The van der Waals surface area contributed by atoms with E-state index in [0.29, 0.717) is 6.10 Å². The van der Waals surface area contributed by atoms with Crippen molar-refractivity contribution in [2.75, 3.05) is 32.8 Å². The van der Waals surface area contributed by atoms with Crippen molar-refractivity contribution in [3.05, 3.63) is 0 Å². The molecule has 0 spiro atoms. The highest BCUT2D eigenvalue weighted by atomic mass is 16.5. The SMILES string of the molecule is CCCN1CCCC(NCC2CCCO2)CC1. The number of nitrogens with zero attached hydrogens (tertiary/aromatic N) is 1. The lowest BCUT2D eigenvalue weighted by atomic mass is 10.1. The molecule has 2 fully saturated rings. The zero-order valence-corrected chi connectivity index (χ0v) is 11.3. The molecule has 2 heterocycles. The van der Waals surface area contributed by atoms with Crippen LogP contribution in [0.25, 0.3) is 0 Å². The monoisotopic (exact) mass is 240 g/mol. The summed E-state index contributed by atoms with van der Waals surface area (Å²) in [6.45, 7) is 8.17. The van der Waals surface area contributed by atoms with Gasteiger partial charge in [0.05, 0.1) is 6.10 Å². The van der Waals surface area contributed by atoms with E-state index in [0.717, 1.165) is 19.2 Å². The quantitative estimate of drug-likeness (QED) is 0.795. The van der Waals surface area contributed by atoms with E-state index in [1.165, 1.54) is 58.2 Å². The highest BCUT2D eigenvalue weighted by molar-refractivity contribution is 4.77. The van der Waals surface area contributed by atoms with Crippen molar-refractivity contribution in [2.24, 2.45) is 0 Å². The third kappa shape index (κ3) is 4.57. The lowest BCUT2D eigenvalue weighted by Crippen LogP contribution is -2.36. The fraction of sp³-hybridized carbons (Fsp3) is 1.00. The fourth-order valence-electron chi connectivity index (χ4n) is 3.00. The van der Waals surface area contributed by atoms with Gasteiger partial charge >= 0.3 is 0 Å². The maximum Gasteiger partial charge on any atom is 0.0700 e. The molecule has 0 aromatic heterocycles. The smallest absolute Gasteiger partial charge is 0.0700 e. The van der Waals surface area contributed by atoms with Gasteiger partial charge in [0, 0.05) is 19.2 Å². The van der Waals surface area contributed by atoms with Crippen molar-refractivity contribution in [3.63, 3.8) is 0 Å². The Labute approximate surface area is 106 Å². The van der Waals surface area contributed by atoms with Crippen LogP contribution >= 0.6 is 0 Å². The van der Waals surface area contributed by atoms with Gasteiger partial charge in [0.25, 0.3) is 0 Å². The molecule has 100 valence electrons. The van der Waals surface area contributed by atoms with Gasteiger partial charge < -0.3 is 15.0 Å². The Morgan fingerprint density at radius 2 is 2.12 bits per heavy atom. The van der Waals surface area contributed by atoms with E-state index in [2.05, 4.69) is 17.1 Å². The molecule has 2 rings (SSSR count). The van der Waals surface area contributed by atoms with Crippen molar-refractivity contribution in [1.82, 2.24) is 10.2 Å². The minimum atomic E-state index is 0.491. The summed E-state index contributed by atoms with van der Waals surface area (Å²) in [5.41, 5.74) is 0. The Hall–Kier alpha value is -0.120. The number of nitrogens with one attached hydrogen (secondary N) is 1. The van der Waals surface area contributed by atoms with Crippen molar-refractivity contribution in [1.29, 1.82) is 0 Å². The summed E-state index contributed by atoms with van der Waals surface area (Å²) in [6.07, 6.45) is 8.28. The van der Waals surface area contributed by atoms with Crippen molar-refractivity contribution in [2.45, 2.75) is 57.6 Å². The molecular formula is C14H28N2O. The molecule has 0 aliphatic carbocycles. The van der Waals surface area contributed by atoms with E-state index in [1.54, 1.807) is 0 Å². The topological polar surface area (TPSA) is 24.5 Å². The zero-order chi connectivity index (χ0) is 11.9. The third-order valence-corrected chi connectivity index (χ3v) is 4.02. The molecule has 2 atom stereocenters. The summed E-state index contributed by atoms with van der Waals surface area (Å²) >= 11 is 0. The molecule has 2 aliphatic rings. The average Bonchev–Trinajstić information content (AvgIpc) is 2.75. The summed E-state index contributed by atoms with van der Waals surface area (Å²) in [6, 6.07) is 0.723. The highest BCUT2D eigenvalue weighted by Gasteiger charge is 2.19. The lowest BCUT2D eigenvalue weighted by Gasteiger charge is -2.20. The molecule has 0 bridgehead atoms. The molecule has 2 unspecified atom stereocenters. The molecule has 1 N–H and O–H groups in total. The van der Waals surface area contributed by atoms with Crippen LogP contribution in [0.1, 0.15) is 45.4 Å². The third-order valence-electron chi connectivity index (χ3n) is 4.02. The molecule has 3 nitrogen and oxygen atoms in total. The Morgan fingerprint density at radius 1 is 1.18 bits per heavy atom. The predicted octanol–water partition coefficient (Wildman–Crippen LogP) is 2.02. The summed E-state index contributed by atoms with van der Waals surface area (Å²) in [5, 5.41) is 3.71. The van der Waals surface area contributed by atoms with Crippen LogP contribution in [0.3, 0.4) is 0 Å². The Morgan fingerprint density at radius 3 is 2.88 bits per heavy atom. The van der Waals surface area contributed by atoms with Crippen LogP contribution in [0.4, 0.5) is 0 Å². The number of hydrogen-bond donors (Lipinski definition) is 1. The molecule has 0 radical (unpaired) electrons. The molecule has 17 heavy (non-hydrogen) atoms. The number of rotatable bonds is 5. The molecule has 3 heteroatoms. The van der Waals surface area contributed by atoms with Crippen molar-refractivity contribution in [3.8, 4) is 0 Å². The van der Waals surface area contributed by atoms with Gasteiger partial charge in [-0.1, -0.05) is 6.92 Å². The standard InChI is InChI=1S/C14H28N2O/c1-2-8-16-9-3-5-13(7-10-16)15-12-14-6-4-11-17-14/h13-15H,2-12H2,1H3. The van der Waals surface area contributed by atoms with Crippen LogP contribution in [-0.2, 0) is 4.74 Å². The van der Waals surface area contributed by atoms with Crippen LogP contribution in [0, 0.1) is 0 Å². The second kappa shape index (κ2) is 7.34. The molecule has 0 aromatic carbocycles. The van der Waals surface area contributed by atoms with Gasteiger partial charge in [-0.15, -0.1) is 0 Å². The molecular weight excluding hydrogens is 212 g/mol. The van der Waals surface area contributed by atoms with Gasteiger partial charge in [0.15, 0.2) is 0 Å². The van der Waals surface area contributed by atoms with Crippen molar-refractivity contribution < 1.29 is 4.74 Å². The van der Waals surface area contributed by atoms with Crippen molar-refractivity contribution >= 4 is 0 Å². The minimum absolute atomic E-state index is 0.491. The summed E-state index contributed by atoms with van der Waals surface area (Å²) in [7, 11) is 0. The molecule has 2 aliphatic heterocycles. The molecule has 0 amide bonds. The summed E-state index contributed by atoms with van der Waals surface area (Å²) in [5.74, 6) is 0. The summed E-state index contributed by atoms with van der Waals surface area (Å²) < 4.78 is 5.66. The maximum atomic E-state index is 5.66. The number of ether oxygens (including phenoxy) is 1. The first-order valence-electron chi connectivity index (χ1n) is 7.46. The van der Waals surface area contributed by atoms with E-state index >= 15 is 0 Å². The lowest BCUT2D eigenvalue weighted by molar-refractivity contribution is 0.107. The van der Waals surface area contributed by atoms with E-state index in [1.807, 2.05) is 0 Å². The van der Waals surface area contributed by atoms with Crippen LogP contribution in [0.15, 0.2) is 0 Å². The second-order valence-corrected chi connectivity index (χ2v) is 5.51. The largest absolute Gasteiger partial charge is 0.377 e. The summed E-state index contributed by atoms with van der Waals surface area (Å²) in [4.78, 5) is 2.62. The zero-order valence-electron chi connectivity index (χ0n) is 11.3. The fourth-order valence-corrected chi connectivity index (χ4v) is 3.00. The molecule has 0 aromatic rings. The number of hydrogen-bond acceptors (Lipinski definition) is 3. The van der Waals surface area contributed by atoms with Gasteiger partial charge in [0.2, 0.25) is 0 Å². The van der Waals surface area contributed by atoms with E-state index in [9.17, 15) is 0 Å². The van der Waals surface area contributed by atoms with E-state index < -0.39 is 0 Å². The van der Waals surface area contributed by atoms with Gasteiger partial charge in [0.1, 0.15) is 0 Å². The predicted molar refractivity (Wildman–Crippen MR) is 71.3 cm³/mol. The normalized spacial score (nSPS) is 31.6. The van der Waals surface area contributed by atoms with Gasteiger partial charge in [-0.25, -0.2) is 0 Å². The van der Waals surface area contributed by atoms with Gasteiger partial charge in [-0.05, 0) is 58.2 Å². The van der Waals surface area contributed by atoms with Gasteiger partial charge in [-0.3, -0.25) is 0 Å². The minimum Gasteiger partial charge on any atom is -0.377 e.